The van der Waals surface area contributed by atoms with E-state index in [0.717, 1.165) is 39.6 Å². The molecule has 4 aromatic rings. The van der Waals surface area contributed by atoms with Gasteiger partial charge in [0.2, 0.25) is 0 Å². The lowest BCUT2D eigenvalue weighted by Gasteiger charge is -2.11. The summed E-state index contributed by atoms with van der Waals surface area (Å²) >= 11 is 5.76. The maximum Gasteiger partial charge on any atom is 0.306 e. The van der Waals surface area contributed by atoms with Gasteiger partial charge in [-0.3, -0.25) is 19.7 Å². The molecule has 0 fully saturated rings. The number of hydrogen-bond acceptors (Lipinski definition) is 7. The Morgan fingerprint density at radius 3 is 2.74 bits per heavy atom. The fraction of sp³-hybridized carbons (Fsp3) is 0.217. The molecular formula is C23H20ClN5O5. The normalized spacial score (nSPS) is 11.0. The number of aromatic nitrogens is 3. The van der Waals surface area contributed by atoms with Gasteiger partial charge in [0.25, 0.3) is 11.6 Å². The number of hydrogen-bond donors (Lipinski definition) is 1. The Bertz CT molecular complexity index is 1450. The Morgan fingerprint density at radius 1 is 1.21 bits per heavy atom. The van der Waals surface area contributed by atoms with E-state index in [4.69, 9.17) is 16.3 Å². The number of ether oxygens (including phenoxy) is 1. The molecule has 0 spiro atoms. The smallest absolute Gasteiger partial charge is 0.306 e. The Balaban J connectivity index is 1.38. The highest BCUT2D eigenvalue weighted by Gasteiger charge is 2.18. The second-order valence-corrected chi connectivity index (χ2v) is 8.08. The molecule has 10 nitrogen and oxygen atoms in total. The van der Waals surface area contributed by atoms with E-state index < -0.39 is 23.4 Å². The van der Waals surface area contributed by atoms with E-state index in [-0.39, 0.29) is 22.8 Å². The molecule has 174 valence electrons. The van der Waals surface area contributed by atoms with Gasteiger partial charge < -0.3 is 10.1 Å². The van der Waals surface area contributed by atoms with Crippen LogP contribution in [0.2, 0.25) is 5.02 Å². The molecule has 11 heteroatoms. The van der Waals surface area contributed by atoms with Crippen molar-refractivity contribution in [1.29, 1.82) is 0 Å². The van der Waals surface area contributed by atoms with Crippen molar-refractivity contribution >= 4 is 51.4 Å². The van der Waals surface area contributed by atoms with Gasteiger partial charge in [-0.2, -0.15) is 5.10 Å². The van der Waals surface area contributed by atoms with Gasteiger partial charge >= 0.3 is 5.97 Å². The van der Waals surface area contributed by atoms with Crippen molar-refractivity contribution in [3.63, 3.8) is 0 Å². The van der Waals surface area contributed by atoms with Crippen molar-refractivity contribution in [3.8, 4) is 0 Å². The van der Waals surface area contributed by atoms with Crippen LogP contribution in [0.15, 0.2) is 42.5 Å². The van der Waals surface area contributed by atoms with Crippen molar-refractivity contribution in [2.75, 3.05) is 11.9 Å². The lowest BCUT2D eigenvalue weighted by atomic mass is 10.1. The number of carbonyl (C=O) groups is 2. The van der Waals surface area contributed by atoms with Crippen LogP contribution in [0.1, 0.15) is 23.4 Å². The summed E-state index contributed by atoms with van der Waals surface area (Å²) in [6, 6.07) is 11.6. The van der Waals surface area contributed by atoms with E-state index in [1.807, 2.05) is 38.1 Å². The lowest BCUT2D eigenvalue weighted by molar-refractivity contribution is -0.383. The SMILES string of the molecule is Cc1nc2c3ccccc3nn2c(C)c1CCC(=O)OCC(=O)Nc1ccc(Cl)cc1[N+](=O)[O-]. The molecule has 2 aromatic heterocycles. The summed E-state index contributed by atoms with van der Waals surface area (Å²) in [5.41, 5.74) is 3.74. The third kappa shape index (κ3) is 4.67. The number of nitro groups is 1. The molecule has 4 rings (SSSR count). The number of aryl methyl sites for hydroxylation is 2. The monoisotopic (exact) mass is 481 g/mol. The first-order valence-corrected chi connectivity index (χ1v) is 10.8. The van der Waals surface area contributed by atoms with E-state index in [0.29, 0.717) is 6.42 Å². The first kappa shape index (κ1) is 23.1. The van der Waals surface area contributed by atoms with Crippen molar-refractivity contribution in [2.24, 2.45) is 0 Å². The van der Waals surface area contributed by atoms with E-state index in [1.165, 1.54) is 12.1 Å². The van der Waals surface area contributed by atoms with E-state index in [2.05, 4.69) is 15.4 Å². The van der Waals surface area contributed by atoms with Gasteiger partial charge in [-0.05, 0) is 50.1 Å². The molecule has 0 aliphatic rings. The van der Waals surface area contributed by atoms with Gasteiger partial charge in [0, 0.05) is 34.3 Å². The molecule has 34 heavy (non-hydrogen) atoms. The highest BCUT2D eigenvalue weighted by molar-refractivity contribution is 6.31. The fourth-order valence-electron chi connectivity index (χ4n) is 3.73. The number of benzene rings is 2. The number of carbonyl (C=O) groups excluding carboxylic acids is 2. The molecule has 0 saturated heterocycles. The molecule has 0 radical (unpaired) electrons. The third-order valence-electron chi connectivity index (χ3n) is 5.39. The molecule has 0 aliphatic heterocycles. The Labute approximate surface area is 198 Å². The van der Waals surface area contributed by atoms with Crippen LogP contribution in [-0.2, 0) is 20.7 Å². The number of nitrogens with zero attached hydrogens (tertiary/aromatic N) is 4. The number of nitrogens with one attached hydrogen (secondary N) is 1. The molecule has 1 N–H and O–H groups in total. The summed E-state index contributed by atoms with van der Waals surface area (Å²) in [5, 5.41) is 19.2. The predicted octanol–water partition coefficient (Wildman–Crippen LogP) is 4.18. The lowest BCUT2D eigenvalue weighted by Crippen LogP contribution is -2.21. The largest absolute Gasteiger partial charge is 0.456 e. The van der Waals surface area contributed by atoms with E-state index >= 15 is 0 Å². The summed E-state index contributed by atoms with van der Waals surface area (Å²) in [4.78, 5) is 39.5. The average molecular weight is 482 g/mol. The molecular weight excluding hydrogens is 462 g/mol. The number of amides is 1. The number of rotatable bonds is 7. The van der Waals surface area contributed by atoms with Crippen LogP contribution in [0.3, 0.4) is 0 Å². The second-order valence-electron chi connectivity index (χ2n) is 7.64. The van der Waals surface area contributed by atoms with Gasteiger partial charge in [0.15, 0.2) is 12.3 Å². The summed E-state index contributed by atoms with van der Waals surface area (Å²) in [5.74, 6) is -1.28. The van der Waals surface area contributed by atoms with Crippen molar-refractivity contribution in [2.45, 2.75) is 26.7 Å². The number of halogens is 1. The molecule has 0 atom stereocenters. The number of anilines is 1. The first-order chi connectivity index (χ1) is 16.2. The van der Waals surface area contributed by atoms with Crippen LogP contribution in [0, 0.1) is 24.0 Å². The quantitative estimate of drug-likeness (QED) is 0.238. The molecule has 1 amide bonds. The topological polar surface area (TPSA) is 129 Å². The van der Waals surface area contributed by atoms with Crippen molar-refractivity contribution in [1.82, 2.24) is 14.6 Å². The highest BCUT2D eigenvalue weighted by atomic mass is 35.5. The number of nitro benzene ring substituents is 1. The summed E-state index contributed by atoms with van der Waals surface area (Å²) < 4.78 is 6.82. The van der Waals surface area contributed by atoms with Crippen LogP contribution in [-0.4, -0.2) is 38.0 Å². The zero-order valence-corrected chi connectivity index (χ0v) is 19.1. The molecule has 0 bridgehead atoms. The molecule has 2 aromatic carbocycles. The maximum absolute atomic E-state index is 12.2. The van der Waals surface area contributed by atoms with Crippen LogP contribution in [0.4, 0.5) is 11.4 Å². The second kappa shape index (κ2) is 9.44. The average Bonchev–Trinajstić information content (AvgIpc) is 3.17. The van der Waals surface area contributed by atoms with E-state index in [9.17, 15) is 19.7 Å². The van der Waals surface area contributed by atoms with Gasteiger partial charge in [0.05, 0.1) is 10.4 Å². The number of esters is 1. The summed E-state index contributed by atoms with van der Waals surface area (Å²) in [7, 11) is 0. The molecule has 2 heterocycles. The first-order valence-electron chi connectivity index (χ1n) is 10.4. The summed E-state index contributed by atoms with van der Waals surface area (Å²) in [6.45, 7) is 3.22. The van der Waals surface area contributed by atoms with Gasteiger partial charge in [-0.1, -0.05) is 23.7 Å². The van der Waals surface area contributed by atoms with E-state index in [1.54, 1.807) is 4.52 Å². The van der Waals surface area contributed by atoms with Crippen molar-refractivity contribution in [3.05, 3.63) is 74.6 Å². The summed E-state index contributed by atoms with van der Waals surface area (Å²) in [6.07, 6.45) is 0.393. The van der Waals surface area contributed by atoms with Gasteiger partial charge in [0.1, 0.15) is 5.69 Å². The predicted molar refractivity (Wildman–Crippen MR) is 126 cm³/mol. The van der Waals surface area contributed by atoms with Crippen LogP contribution < -0.4 is 5.32 Å². The maximum atomic E-state index is 12.2. The number of fused-ring (bicyclic) bond motifs is 3. The van der Waals surface area contributed by atoms with Crippen LogP contribution in [0.5, 0.6) is 0 Å². The minimum Gasteiger partial charge on any atom is -0.456 e. The fourth-order valence-corrected chi connectivity index (χ4v) is 3.90. The molecule has 0 saturated carbocycles. The molecule has 0 unspecified atom stereocenters. The van der Waals surface area contributed by atoms with Gasteiger partial charge in [-0.25, -0.2) is 9.50 Å². The highest BCUT2D eigenvalue weighted by Crippen LogP contribution is 2.27. The minimum atomic E-state index is -0.697. The Morgan fingerprint density at radius 2 is 1.97 bits per heavy atom. The minimum absolute atomic E-state index is 0.0318. The van der Waals surface area contributed by atoms with Crippen molar-refractivity contribution < 1.29 is 19.2 Å². The van der Waals surface area contributed by atoms with Crippen LogP contribution in [0.25, 0.3) is 16.6 Å². The Hall–Kier alpha value is -4.05. The third-order valence-corrected chi connectivity index (χ3v) is 5.63. The molecule has 0 aliphatic carbocycles. The van der Waals surface area contributed by atoms with Crippen LogP contribution >= 0.6 is 11.6 Å². The standard InChI is InChI=1S/C23H20ClN5O5/c1-13-16(14(2)28-23(25-13)17-5-3-4-6-18(17)27-28)8-10-22(31)34-12-21(30)26-19-9-7-15(24)11-20(19)29(32)33/h3-7,9,11H,8,10,12H2,1-2H3,(H,26,30). The zero-order chi connectivity index (χ0) is 24.4. The van der Waals surface area contributed by atoms with Gasteiger partial charge in [-0.15, -0.1) is 0 Å². The Kier molecular flexibility index (Phi) is 6.42. The zero-order valence-electron chi connectivity index (χ0n) is 18.4.